The van der Waals surface area contributed by atoms with Gasteiger partial charge in [0.15, 0.2) is 0 Å². The van der Waals surface area contributed by atoms with Crippen molar-refractivity contribution < 1.29 is 0 Å². The molecule has 0 aliphatic rings. The molecule has 1 nitrogen and oxygen atoms in total. The maximum Gasteiger partial charge on any atom is 0.0468 e. The van der Waals surface area contributed by atoms with Gasteiger partial charge in [-0.2, -0.15) is 0 Å². The van der Waals surface area contributed by atoms with Crippen molar-refractivity contribution in [2.75, 3.05) is 4.90 Å². The second kappa shape index (κ2) is 11.6. The zero-order chi connectivity index (χ0) is 32.0. The zero-order valence-electron chi connectivity index (χ0n) is 26.8. The minimum Gasteiger partial charge on any atom is -0.310 e. The summed E-state index contributed by atoms with van der Waals surface area (Å²) < 4.78 is 0. The van der Waals surface area contributed by atoms with Gasteiger partial charge in [-0.15, -0.1) is 0 Å². The predicted molar refractivity (Wildman–Crippen MR) is 207 cm³/mol. The molecule has 48 heavy (non-hydrogen) atoms. The van der Waals surface area contributed by atoms with Gasteiger partial charge in [-0.25, -0.2) is 0 Å². The lowest BCUT2D eigenvalue weighted by Gasteiger charge is -2.26. The van der Waals surface area contributed by atoms with Gasteiger partial charge in [0.25, 0.3) is 0 Å². The summed E-state index contributed by atoms with van der Waals surface area (Å²) in [6, 6.07) is 66.6. The van der Waals surface area contributed by atoms with E-state index in [1.807, 2.05) is 0 Å². The van der Waals surface area contributed by atoms with Gasteiger partial charge >= 0.3 is 0 Å². The zero-order valence-corrected chi connectivity index (χ0v) is 26.8. The Balaban J connectivity index is 1.17. The topological polar surface area (TPSA) is 3.24 Å². The number of benzene rings is 9. The molecule has 9 rings (SSSR count). The molecule has 0 amide bonds. The van der Waals surface area contributed by atoms with Crippen LogP contribution in [0.1, 0.15) is 5.56 Å². The highest BCUT2D eigenvalue weighted by Crippen LogP contribution is 2.41. The Kier molecular flexibility index (Phi) is 6.76. The Morgan fingerprint density at radius 3 is 1.48 bits per heavy atom. The summed E-state index contributed by atoms with van der Waals surface area (Å²) in [5.41, 5.74) is 9.64. The molecule has 0 aromatic heterocycles. The molecular weight excluding hydrogens is 579 g/mol. The monoisotopic (exact) mass is 611 g/mol. The average Bonchev–Trinajstić information content (AvgIpc) is 3.15. The van der Waals surface area contributed by atoms with Crippen molar-refractivity contribution in [3.63, 3.8) is 0 Å². The summed E-state index contributed by atoms with van der Waals surface area (Å²) in [5, 5.41) is 9.97. The second-order valence-corrected chi connectivity index (χ2v) is 12.7. The molecule has 0 N–H and O–H groups in total. The minimum atomic E-state index is 1.14. The average molecular weight is 612 g/mol. The van der Waals surface area contributed by atoms with Crippen molar-refractivity contribution in [1.82, 2.24) is 0 Å². The first kappa shape index (κ1) is 28.1. The molecule has 0 fully saturated rings. The van der Waals surface area contributed by atoms with Crippen LogP contribution in [0.4, 0.5) is 17.1 Å². The summed E-state index contributed by atoms with van der Waals surface area (Å²) in [6.07, 6.45) is 0. The molecule has 0 saturated heterocycles. The number of hydrogen-bond acceptors (Lipinski definition) is 1. The van der Waals surface area contributed by atoms with E-state index in [0.717, 1.165) is 17.1 Å². The van der Waals surface area contributed by atoms with Crippen molar-refractivity contribution >= 4 is 60.2 Å². The van der Waals surface area contributed by atoms with Gasteiger partial charge in [0.05, 0.1) is 0 Å². The van der Waals surface area contributed by atoms with Gasteiger partial charge in [-0.3, -0.25) is 0 Å². The van der Waals surface area contributed by atoms with Crippen molar-refractivity contribution in [1.29, 1.82) is 0 Å². The highest BCUT2D eigenvalue weighted by atomic mass is 15.1. The molecule has 0 radical (unpaired) electrons. The number of rotatable bonds is 5. The van der Waals surface area contributed by atoms with Crippen LogP contribution in [0.2, 0.25) is 0 Å². The molecule has 0 aliphatic carbocycles. The third-order valence-corrected chi connectivity index (χ3v) is 9.64. The van der Waals surface area contributed by atoms with Gasteiger partial charge in [-0.1, -0.05) is 133 Å². The number of nitrogens with zero attached hydrogens (tertiary/aromatic N) is 1. The van der Waals surface area contributed by atoms with E-state index in [9.17, 15) is 0 Å². The molecule has 0 unspecified atom stereocenters. The maximum atomic E-state index is 2.36. The quantitative estimate of drug-likeness (QED) is 0.175. The molecule has 1 heteroatoms. The van der Waals surface area contributed by atoms with Gasteiger partial charge in [0.2, 0.25) is 0 Å². The summed E-state index contributed by atoms with van der Waals surface area (Å²) in [5.74, 6) is 0. The van der Waals surface area contributed by atoms with Gasteiger partial charge in [0.1, 0.15) is 0 Å². The largest absolute Gasteiger partial charge is 0.310 e. The van der Waals surface area contributed by atoms with Crippen molar-refractivity contribution in [2.24, 2.45) is 0 Å². The molecule has 0 atom stereocenters. The Morgan fingerprint density at radius 2 is 0.792 bits per heavy atom. The highest BCUT2D eigenvalue weighted by molar-refractivity contribution is 6.10. The fourth-order valence-electron chi connectivity index (χ4n) is 7.16. The lowest BCUT2D eigenvalue weighted by atomic mass is 9.90. The molecule has 0 heterocycles. The normalized spacial score (nSPS) is 11.4. The second-order valence-electron chi connectivity index (χ2n) is 12.7. The summed E-state index contributed by atoms with van der Waals surface area (Å²) >= 11 is 0. The van der Waals surface area contributed by atoms with Crippen LogP contribution in [0.3, 0.4) is 0 Å². The van der Waals surface area contributed by atoms with E-state index >= 15 is 0 Å². The van der Waals surface area contributed by atoms with Crippen LogP contribution in [0.5, 0.6) is 0 Å². The van der Waals surface area contributed by atoms with Gasteiger partial charge in [0, 0.05) is 17.1 Å². The number of hydrogen-bond donors (Lipinski definition) is 0. The number of fused-ring (bicyclic) bond motifs is 5. The van der Waals surface area contributed by atoms with Crippen LogP contribution >= 0.6 is 0 Å². The van der Waals surface area contributed by atoms with E-state index in [2.05, 4.69) is 194 Å². The fraction of sp³-hybridized carbons (Fsp3) is 0.0213. The third-order valence-electron chi connectivity index (χ3n) is 9.64. The van der Waals surface area contributed by atoms with E-state index < -0.39 is 0 Å². The molecule has 9 aromatic rings. The van der Waals surface area contributed by atoms with Crippen LogP contribution in [0.25, 0.3) is 65.3 Å². The minimum absolute atomic E-state index is 1.14. The van der Waals surface area contributed by atoms with E-state index in [4.69, 9.17) is 0 Å². The van der Waals surface area contributed by atoms with Crippen LogP contribution in [0, 0.1) is 6.92 Å². The van der Waals surface area contributed by atoms with Crippen molar-refractivity contribution in [3.8, 4) is 22.3 Å². The molecule has 0 aliphatic heterocycles. The van der Waals surface area contributed by atoms with Crippen LogP contribution < -0.4 is 4.90 Å². The summed E-state index contributed by atoms with van der Waals surface area (Å²) in [7, 11) is 0. The van der Waals surface area contributed by atoms with Gasteiger partial charge in [-0.05, 0) is 127 Å². The maximum absolute atomic E-state index is 2.36. The highest BCUT2D eigenvalue weighted by Gasteiger charge is 2.15. The lowest BCUT2D eigenvalue weighted by molar-refractivity contribution is 1.28. The van der Waals surface area contributed by atoms with Crippen molar-refractivity contribution in [2.45, 2.75) is 6.92 Å². The molecule has 226 valence electrons. The van der Waals surface area contributed by atoms with Crippen LogP contribution in [-0.2, 0) is 0 Å². The fourth-order valence-corrected chi connectivity index (χ4v) is 7.16. The first-order valence-electron chi connectivity index (χ1n) is 16.6. The van der Waals surface area contributed by atoms with E-state index in [-0.39, 0.29) is 0 Å². The van der Waals surface area contributed by atoms with Gasteiger partial charge < -0.3 is 4.90 Å². The molecular formula is C47H33N. The predicted octanol–water partition coefficient (Wildman–Crippen LogP) is 13.4. The van der Waals surface area contributed by atoms with E-state index in [1.165, 1.54) is 70.9 Å². The smallest absolute Gasteiger partial charge is 0.0468 e. The standard InChI is InChI=1S/C47H33N/c1-32-15-21-41(22-16-32)48(42-23-19-33-9-5-6-12-35(33)28-42)43-24-26-45-40(29-43)18-17-38-27-39(20-25-44(38)45)47-31-37-14-8-7-13-36(37)30-46(47)34-10-3-2-4-11-34/h2-31H,1H3. The van der Waals surface area contributed by atoms with Crippen molar-refractivity contribution in [3.05, 3.63) is 188 Å². The SMILES string of the molecule is Cc1ccc(N(c2ccc3ccccc3c2)c2ccc3c(ccc4cc(-c5cc6ccccc6cc5-c5ccccc5)ccc43)c2)cc1. The first-order valence-corrected chi connectivity index (χ1v) is 16.6. The molecule has 0 bridgehead atoms. The van der Waals surface area contributed by atoms with E-state index in [0.29, 0.717) is 0 Å². The molecule has 9 aromatic carbocycles. The lowest BCUT2D eigenvalue weighted by Crippen LogP contribution is -2.09. The number of aryl methyl sites for hydroxylation is 1. The number of anilines is 3. The summed E-state index contributed by atoms with van der Waals surface area (Å²) in [6.45, 7) is 2.14. The summed E-state index contributed by atoms with van der Waals surface area (Å²) in [4.78, 5) is 2.36. The Bertz CT molecular complexity index is 2620. The molecule has 0 spiro atoms. The Morgan fingerprint density at radius 1 is 0.312 bits per heavy atom. The molecule has 0 saturated carbocycles. The third kappa shape index (κ3) is 4.98. The van der Waals surface area contributed by atoms with Crippen LogP contribution in [-0.4, -0.2) is 0 Å². The first-order chi connectivity index (χ1) is 23.7. The van der Waals surface area contributed by atoms with E-state index in [1.54, 1.807) is 0 Å². The Labute approximate surface area is 281 Å². The Hall–Kier alpha value is -6.18. The van der Waals surface area contributed by atoms with Crippen LogP contribution in [0.15, 0.2) is 182 Å².